The summed E-state index contributed by atoms with van der Waals surface area (Å²) in [6.45, 7) is 2.25. The van der Waals surface area contributed by atoms with E-state index in [2.05, 4.69) is 49.4 Å². The van der Waals surface area contributed by atoms with Gasteiger partial charge in [0.1, 0.15) is 0 Å². The summed E-state index contributed by atoms with van der Waals surface area (Å²) in [6.07, 6.45) is 27.2. The van der Waals surface area contributed by atoms with Gasteiger partial charge in [0.15, 0.2) is 0 Å². The lowest BCUT2D eigenvalue weighted by Crippen LogP contribution is -2.25. The third-order valence-electron chi connectivity index (χ3n) is 7.93. The van der Waals surface area contributed by atoms with E-state index in [1.807, 2.05) is 6.08 Å². The molecular formula is C30H43N. The summed E-state index contributed by atoms with van der Waals surface area (Å²) in [5, 5.41) is 8.56. The van der Waals surface area contributed by atoms with Crippen LogP contribution in [-0.2, 0) is 12.8 Å². The monoisotopic (exact) mass is 417 g/mol. The van der Waals surface area contributed by atoms with Gasteiger partial charge in [0, 0.05) is 6.08 Å². The molecule has 1 aromatic rings. The number of nitrogens with zero attached hydrogens (tertiary/aromatic N) is 1. The molecule has 2 aliphatic rings. The average molecular weight is 418 g/mol. The quantitative estimate of drug-likeness (QED) is 0.212. The minimum Gasteiger partial charge on any atom is -0.193 e. The first-order valence-electron chi connectivity index (χ1n) is 13.1. The molecule has 2 saturated carbocycles. The molecule has 1 heteroatoms. The van der Waals surface area contributed by atoms with Gasteiger partial charge in [-0.05, 0) is 92.6 Å². The van der Waals surface area contributed by atoms with Crippen LogP contribution in [0.4, 0.5) is 0 Å². The van der Waals surface area contributed by atoms with Gasteiger partial charge in [-0.15, -0.1) is 0 Å². The van der Waals surface area contributed by atoms with Crippen LogP contribution in [0.2, 0.25) is 0 Å². The Labute approximate surface area is 191 Å². The topological polar surface area (TPSA) is 23.8 Å². The van der Waals surface area contributed by atoms with Gasteiger partial charge in [0.2, 0.25) is 0 Å². The van der Waals surface area contributed by atoms with E-state index in [0.717, 1.165) is 23.7 Å². The summed E-state index contributed by atoms with van der Waals surface area (Å²) in [6, 6.07) is 11.4. The highest BCUT2D eigenvalue weighted by atomic mass is 14.4. The minimum absolute atomic E-state index is 0.735. The van der Waals surface area contributed by atoms with Crippen LogP contribution in [0, 0.1) is 35.0 Å². The standard InChI is InChI=1S/C30H43N/c1-2-8-25-12-14-26(15-13-25)10-5-6-11-28-18-22-30(23-19-28)29-20-16-27(17-21-29)9-4-3-7-24-31/h3-4,7,9,12-15,27-30H,2,5-6,8,10-11,16-23H2,1H3/t27-,28-,29-,30-. The zero-order valence-electron chi connectivity index (χ0n) is 19.8. The van der Waals surface area contributed by atoms with Crippen LogP contribution in [0.1, 0.15) is 95.1 Å². The molecule has 0 bridgehead atoms. The Morgan fingerprint density at radius 1 is 0.806 bits per heavy atom. The molecule has 0 spiro atoms. The van der Waals surface area contributed by atoms with Crippen molar-refractivity contribution in [2.45, 2.75) is 96.8 Å². The predicted molar refractivity (Wildman–Crippen MR) is 133 cm³/mol. The van der Waals surface area contributed by atoms with E-state index in [-0.39, 0.29) is 0 Å². The molecule has 0 unspecified atom stereocenters. The molecule has 0 saturated heterocycles. The van der Waals surface area contributed by atoms with Crippen molar-refractivity contribution in [1.29, 1.82) is 5.26 Å². The van der Waals surface area contributed by atoms with Crippen molar-refractivity contribution in [1.82, 2.24) is 0 Å². The minimum atomic E-state index is 0.735. The number of allylic oxidation sites excluding steroid dienone is 4. The van der Waals surface area contributed by atoms with Crippen LogP contribution in [0.5, 0.6) is 0 Å². The fourth-order valence-electron chi connectivity index (χ4n) is 6.00. The second kappa shape index (κ2) is 13.6. The second-order valence-electron chi connectivity index (χ2n) is 10.1. The van der Waals surface area contributed by atoms with E-state index < -0.39 is 0 Å². The Kier molecular flexibility index (Phi) is 10.4. The Morgan fingerprint density at radius 2 is 1.42 bits per heavy atom. The van der Waals surface area contributed by atoms with Gasteiger partial charge in [-0.3, -0.25) is 0 Å². The summed E-state index contributed by atoms with van der Waals surface area (Å²) in [7, 11) is 0. The highest BCUT2D eigenvalue weighted by Crippen LogP contribution is 2.42. The predicted octanol–water partition coefficient (Wildman–Crippen LogP) is 8.60. The zero-order valence-corrected chi connectivity index (χ0v) is 19.8. The van der Waals surface area contributed by atoms with Crippen molar-refractivity contribution in [2.75, 3.05) is 0 Å². The molecule has 0 N–H and O–H groups in total. The second-order valence-corrected chi connectivity index (χ2v) is 10.1. The number of hydrogen-bond donors (Lipinski definition) is 0. The van der Waals surface area contributed by atoms with Crippen LogP contribution in [0.15, 0.2) is 48.6 Å². The molecule has 2 aliphatic carbocycles. The maximum absolute atomic E-state index is 8.56. The van der Waals surface area contributed by atoms with Crippen molar-refractivity contribution >= 4 is 0 Å². The fraction of sp³-hybridized carbons (Fsp3) is 0.633. The van der Waals surface area contributed by atoms with E-state index in [0.29, 0.717) is 0 Å². The molecule has 2 fully saturated rings. The summed E-state index contributed by atoms with van der Waals surface area (Å²) in [5.74, 6) is 3.71. The first-order valence-corrected chi connectivity index (χ1v) is 13.1. The van der Waals surface area contributed by atoms with Gasteiger partial charge in [-0.1, -0.05) is 81.5 Å². The summed E-state index contributed by atoms with van der Waals surface area (Å²) < 4.78 is 0. The molecule has 0 aliphatic heterocycles. The van der Waals surface area contributed by atoms with Gasteiger partial charge in [0.25, 0.3) is 0 Å². The number of nitriles is 1. The third-order valence-corrected chi connectivity index (χ3v) is 7.93. The molecule has 3 rings (SSSR count). The van der Waals surface area contributed by atoms with Crippen molar-refractivity contribution < 1.29 is 0 Å². The molecule has 31 heavy (non-hydrogen) atoms. The lowest BCUT2D eigenvalue weighted by atomic mass is 9.68. The van der Waals surface area contributed by atoms with E-state index in [9.17, 15) is 0 Å². The van der Waals surface area contributed by atoms with Gasteiger partial charge >= 0.3 is 0 Å². The highest BCUT2D eigenvalue weighted by Gasteiger charge is 2.30. The Balaban J connectivity index is 1.27. The summed E-state index contributed by atoms with van der Waals surface area (Å²) in [4.78, 5) is 0. The number of unbranched alkanes of at least 4 members (excludes halogenated alkanes) is 1. The molecule has 0 aromatic heterocycles. The number of benzene rings is 1. The van der Waals surface area contributed by atoms with Crippen molar-refractivity contribution in [3.63, 3.8) is 0 Å². The van der Waals surface area contributed by atoms with Crippen molar-refractivity contribution in [3.8, 4) is 6.07 Å². The molecule has 168 valence electrons. The van der Waals surface area contributed by atoms with E-state index in [1.165, 1.54) is 101 Å². The van der Waals surface area contributed by atoms with Crippen LogP contribution in [-0.4, -0.2) is 0 Å². The summed E-state index contributed by atoms with van der Waals surface area (Å²) >= 11 is 0. The smallest absolute Gasteiger partial charge is 0.0912 e. The maximum Gasteiger partial charge on any atom is 0.0912 e. The fourth-order valence-corrected chi connectivity index (χ4v) is 6.00. The molecule has 0 radical (unpaired) electrons. The largest absolute Gasteiger partial charge is 0.193 e. The molecule has 0 heterocycles. The molecule has 0 amide bonds. The first-order chi connectivity index (χ1) is 15.3. The molecular weight excluding hydrogens is 374 g/mol. The van der Waals surface area contributed by atoms with Crippen LogP contribution >= 0.6 is 0 Å². The number of hydrogen-bond acceptors (Lipinski definition) is 1. The molecule has 0 atom stereocenters. The zero-order chi connectivity index (χ0) is 21.7. The van der Waals surface area contributed by atoms with Gasteiger partial charge in [-0.25, -0.2) is 0 Å². The molecule has 1 nitrogen and oxygen atoms in total. The molecule has 1 aromatic carbocycles. The Morgan fingerprint density at radius 3 is 2.03 bits per heavy atom. The van der Waals surface area contributed by atoms with Crippen LogP contribution in [0.25, 0.3) is 0 Å². The van der Waals surface area contributed by atoms with E-state index >= 15 is 0 Å². The highest BCUT2D eigenvalue weighted by molar-refractivity contribution is 5.22. The van der Waals surface area contributed by atoms with Gasteiger partial charge in [0.05, 0.1) is 6.07 Å². The summed E-state index contributed by atoms with van der Waals surface area (Å²) in [5.41, 5.74) is 3.01. The normalized spacial score (nSPS) is 27.0. The average Bonchev–Trinajstić information content (AvgIpc) is 2.82. The number of rotatable bonds is 10. The van der Waals surface area contributed by atoms with Crippen molar-refractivity contribution in [2.24, 2.45) is 23.7 Å². The lowest BCUT2D eigenvalue weighted by Gasteiger charge is -2.37. The van der Waals surface area contributed by atoms with Crippen LogP contribution in [0.3, 0.4) is 0 Å². The van der Waals surface area contributed by atoms with Gasteiger partial charge < -0.3 is 0 Å². The Bertz CT molecular complexity index is 704. The van der Waals surface area contributed by atoms with E-state index in [4.69, 9.17) is 5.26 Å². The third kappa shape index (κ3) is 8.33. The maximum atomic E-state index is 8.56. The van der Waals surface area contributed by atoms with Crippen molar-refractivity contribution in [3.05, 3.63) is 59.7 Å². The van der Waals surface area contributed by atoms with Crippen LogP contribution < -0.4 is 0 Å². The van der Waals surface area contributed by atoms with E-state index in [1.54, 1.807) is 6.08 Å². The van der Waals surface area contributed by atoms with Gasteiger partial charge in [-0.2, -0.15) is 5.26 Å². The number of aryl methyl sites for hydroxylation is 2. The first kappa shape index (κ1) is 23.8. The lowest BCUT2D eigenvalue weighted by molar-refractivity contribution is 0.151. The Hall–Kier alpha value is -1.81. The SMILES string of the molecule is CCCc1ccc(CCCC[C@H]2CC[C@H]([C@H]3CC[C@H](C=CC=CC#N)CC3)CC2)cc1.